The standard InChI is InChI=1S/C14H21ClN2O.ClH/c1-11-10-17(6-5-14(11)16)7-8-18-13-4-2-3-12(15)9-13;/h2-4,9,11,14H,5-8,10,16H2,1H3;1H. The third-order valence-corrected chi connectivity index (χ3v) is 3.76. The minimum atomic E-state index is 0. The predicted octanol–water partition coefficient (Wildman–Crippen LogP) is 2.81. The predicted molar refractivity (Wildman–Crippen MR) is 82.4 cm³/mol. The van der Waals surface area contributed by atoms with Gasteiger partial charge in [0.15, 0.2) is 0 Å². The number of hydrogen-bond acceptors (Lipinski definition) is 3. The highest BCUT2D eigenvalue weighted by Crippen LogP contribution is 2.18. The minimum absolute atomic E-state index is 0. The molecule has 1 heterocycles. The lowest BCUT2D eigenvalue weighted by atomic mass is 9.95. The van der Waals surface area contributed by atoms with E-state index in [0.29, 0.717) is 23.6 Å². The van der Waals surface area contributed by atoms with Crippen LogP contribution < -0.4 is 10.5 Å². The van der Waals surface area contributed by atoms with E-state index in [9.17, 15) is 0 Å². The van der Waals surface area contributed by atoms with Crippen LogP contribution in [-0.2, 0) is 0 Å². The molecule has 0 radical (unpaired) electrons. The number of ether oxygens (including phenoxy) is 1. The lowest BCUT2D eigenvalue weighted by Gasteiger charge is -2.34. The van der Waals surface area contributed by atoms with Crippen LogP contribution in [0.25, 0.3) is 0 Å². The molecule has 2 N–H and O–H groups in total. The zero-order valence-corrected chi connectivity index (χ0v) is 12.8. The Morgan fingerprint density at radius 2 is 2.26 bits per heavy atom. The summed E-state index contributed by atoms with van der Waals surface area (Å²) in [4.78, 5) is 2.42. The molecule has 108 valence electrons. The number of hydrogen-bond donors (Lipinski definition) is 1. The Morgan fingerprint density at radius 1 is 1.47 bits per heavy atom. The quantitative estimate of drug-likeness (QED) is 0.929. The summed E-state index contributed by atoms with van der Waals surface area (Å²) in [5, 5.41) is 0.713. The summed E-state index contributed by atoms with van der Waals surface area (Å²) in [6, 6.07) is 7.88. The Balaban J connectivity index is 0.00000180. The van der Waals surface area contributed by atoms with Gasteiger partial charge in [0.05, 0.1) is 0 Å². The van der Waals surface area contributed by atoms with Gasteiger partial charge < -0.3 is 10.5 Å². The van der Waals surface area contributed by atoms with Gasteiger partial charge in [-0.3, -0.25) is 4.90 Å². The Hall–Kier alpha value is -0.480. The molecule has 1 aromatic rings. The van der Waals surface area contributed by atoms with Crippen LogP contribution >= 0.6 is 24.0 Å². The zero-order chi connectivity index (χ0) is 13.0. The van der Waals surface area contributed by atoms with Crippen LogP contribution in [0, 0.1) is 5.92 Å². The molecule has 2 unspecified atom stereocenters. The molecule has 3 nitrogen and oxygen atoms in total. The van der Waals surface area contributed by atoms with E-state index in [0.717, 1.165) is 31.8 Å². The summed E-state index contributed by atoms with van der Waals surface area (Å²) in [6.45, 7) is 6.00. The lowest BCUT2D eigenvalue weighted by molar-refractivity contribution is 0.140. The number of piperidine rings is 1. The summed E-state index contributed by atoms with van der Waals surface area (Å²) < 4.78 is 5.69. The number of nitrogens with two attached hydrogens (primary N) is 1. The van der Waals surface area contributed by atoms with Crippen molar-refractivity contribution in [1.29, 1.82) is 0 Å². The van der Waals surface area contributed by atoms with Crippen molar-refractivity contribution < 1.29 is 4.74 Å². The Bertz CT molecular complexity index is 389. The highest BCUT2D eigenvalue weighted by Gasteiger charge is 2.22. The van der Waals surface area contributed by atoms with Gasteiger partial charge in [-0.25, -0.2) is 0 Å². The molecule has 0 saturated carbocycles. The van der Waals surface area contributed by atoms with Crippen LogP contribution in [0.4, 0.5) is 0 Å². The maximum Gasteiger partial charge on any atom is 0.120 e. The monoisotopic (exact) mass is 304 g/mol. The SMILES string of the molecule is CC1CN(CCOc2cccc(Cl)c2)CCC1N.Cl. The first-order valence-electron chi connectivity index (χ1n) is 6.51. The molecular weight excluding hydrogens is 283 g/mol. The molecule has 0 spiro atoms. The molecule has 2 rings (SSSR count). The minimum Gasteiger partial charge on any atom is -0.492 e. The summed E-state index contributed by atoms with van der Waals surface area (Å²) >= 11 is 5.90. The van der Waals surface area contributed by atoms with Crippen LogP contribution in [-0.4, -0.2) is 37.2 Å². The molecule has 1 saturated heterocycles. The van der Waals surface area contributed by atoms with Crippen LogP contribution in [0.1, 0.15) is 13.3 Å². The summed E-state index contributed by atoms with van der Waals surface area (Å²) in [5.74, 6) is 1.41. The van der Waals surface area contributed by atoms with Gasteiger partial charge in [0, 0.05) is 24.2 Å². The molecule has 0 aromatic heterocycles. The average Bonchev–Trinajstić information content (AvgIpc) is 2.34. The van der Waals surface area contributed by atoms with Gasteiger partial charge in [0.2, 0.25) is 0 Å². The van der Waals surface area contributed by atoms with Crippen LogP contribution in [0.3, 0.4) is 0 Å². The Labute approximate surface area is 126 Å². The molecule has 0 aliphatic carbocycles. The van der Waals surface area contributed by atoms with Crippen molar-refractivity contribution in [3.63, 3.8) is 0 Å². The van der Waals surface area contributed by atoms with Crippen LogP contribution in [0.5, 0.6) is 5.75 Å². The van der Waals surface area contributed by atoms with E-state index in [1.54, 1.807) is 0 Å². The smallest absolute Gasteiger partial charge is 0.120 e. The number of nitrogens with zero attached hydrogens (tertiary/aromatic N) is 1. The molecule has 1 aromatic carbocycles. The summed E-state index contributed by atoms with van der Waals surface area (Å²) in [7, 11) is 0. The Morgan fingerprint density at radius 3 is 2.95 bits per heavy atom. The normalized spacial score (nSPS) is 23.7. The van der Waals surface area contributed by atoms with Gasteiger partial charge in [-0.05, 0) is 37.1 Å². The average molecular weight is 305 g/mol. The van der Waals surface area contributed by atoms with Crippen molar-refractivity contribution in [2.24, 2.45) is 11.7 Å². The van der Waals surface area contributed by atoms with E-state index in [-0.39, 0.29) is 12.4 Å². The van der Waals surface area contributed by atoms with E-state index in [4.69, 9.17) is 22.1 Å². The van der Waals surface area contributed by atoms with Crippen molar-refractivity contribution in [3.05, 3.63) is 29.3 Å². The van der Waals surface area contributed by atoms with Crippen molar-refractivity contribution >= 4 is 24.0 Å². The van der Waals surface area contributed by atoms with Crippen molar-refractivity contribution in [2.75, 3.05) is 26.2 Å². The fourth-order valence-corrected chi connectivity index (χ4v) is 2.48. The van der Waals surface area contributed by atoms with E-state index < -0.39 is 0 Å². The summed E-state index contributed by atoms with van der Waals surface area (Å²) in [6.07, 6.45) is 1.08. The van der Waals surface area contributed by atoms with Gasteiger partial charge in [0.25, 0.3) is 0 Å². The van der Waals surface area contributed by atoms with Gasteiger partial charge >= 0.3 is 0 Å². The highest BCUT2D eigenvalue weighted by atomic mass is 35.5. The van der Waals surface area contributed by atoms with E-state index in [1.807, 2.05) is 24.3 Å². The maximum absolute atomic E-state index is 6.00. The number of halogens is 2. The third kappa shape index (κ3) is 5.19. The first-order valence-corrected chi connectivity index (χ1v) is 6.89. The van der Waals surface area contributed by atoms with Crippen LogP contribution in [0.15, 0.2) is 24.3 Å². The van der Waals surface area contributed by atoms with Gasteiger partial charge in [-0.2, -0.15) is 0 Å². The number of likely N-dealkylation sites (tertiary alicyclic amines) is 1. The fourth-order valence-electron chi connectivity index (χ4n) is 2.30. The second-order valence-electron chi connectivity index (χ2n) is 5.04. The second kappa shape index (κ2) is 7.95. The first-order chi connectivity index (χ1) is 8.65. The molecule has 19 heavy (non-hydrogen) atoms. The first kappa shape index (κ1) is 16.6. The molecule has 1 fully saturated rings. The van der Waals surface area contributed by atoms with E-state index >= 15 is 0 Å². The maximum atomic E-state index is 6.00. The zero-order valence-electron chi connectivity index (χ0n) is 11.2. The molecule has 2 atom stereocenters. The summed E-state index contributed by atoms with van der Waals surface area (Å²) in [5.41, 5.74) is 6.00. The largest absolute Gasteiger partial charge is 0.492 e. The van der Waals surface area contributed by atoms with E-state index in [2.05, 4.69) is 11.8 Å². The molecule has 1 aliphatic rings. The molecule has 1 aliphatic heterocycles. The topological polar surface area (TPSA) is 38.5 Å². The number of rotatable bonds is 4. The molecule has 0 amide bonds. The third-order valence-electron chi connectivity index (χ3n) is 3.53. The van der Waals surface area contributed by atoms with Crippen molar-refractivity contribution in [2.45, 2.75) is 19.4 Å². The highest BCUT2D eigenvalue weighted by molar-refractivity contribution is 6.30. The van der Waals surface area contributed by atoms with Crippen molar-refractivity contribution in [3.8, 4) is 5.75 Å². The van der Waals surface area contributed by atoms with E-state index in [1.165, 1.54) is 0 Å². The lowest BCUT2D eigenvalue weighted by Crippen LogP contribution is -2.46. The molecular formula is C14H22Cl2N2O. The van der Waals surface area contributed by atoms with Crippen molar-refractivity contribution in [1.82, 2.24) is 4.90 Å². The number of benzene rings is 1. The van der Waals surface area contributed by atoms with Gasteiger partial charge in [0.1, 0.15) is 12.4 Å². The molecule has 5 heteroatoms. The fraction of sp³-hybridized carbons (Fsp3) is 0.571. The van der Waals surface area contributed by atoms with Crippen LogP contribution in [0.2, 0.25) is 5.02 Å². The van der Waals surface area contributed by atoms with Gasteiger partial charge in [-0.15, -0.1) is 12.4 Å². The van der Waals surface area contributed by atoms with Gasteiger partial charge in [-0.1, -0.05) is 24.6 Å². The Kier molecular flexibility index (Phi) is 6.94. The second-order valence-corrected chi connectivity index (χ2v) is 5.47. The molecule has 0 bridgehead atoms.